The van der Waals surface area contributed by atoms with E-state index in [0.29, 0.717) is 0 Å². The van der Waals surface area contributed by atoms with Crippen LogP contribution in [-0.2, 0) is 0 Å². The molecule has 0 bridgehead atoms. The van der Waals surface area contributed by atoms with Crippen LogP contribution < -0.4 is 18.9 Å². The molecule has 0 aromatic rings. The summed E-state index contributed by atoms with van der Waals surface area (Å²) < 4.78 is 0. The van der Waals surface area contributed by atoms with E-state index in [2.05, 4.69) is 0 Å². The van der Waals surface area contributed by atoms with Crippen LogP contribution >= 0.6 is 0 Å². The third kappa shape index (κ3) is 2300. The van der Waals surface area contributed by atoms with Crippen LogP contribution in [0.2, 0.25) is 6.82 Å². The second-order valence-electron chi connectivity index (χ2n) is 0.632. The molecule has 2 nitrogen and oxygen atoms in total. The molecule has 0 fully saturated rings. The quantitative estimate of drug-likeness (QED) is 0.369. The molecule has 0 aromatic heterocycles. The first kappa shape index (κ1) is 61.8. The minimum atomic E-state index is -1.17. The van der Waals surface area contributed by atoms with Crippen LogP contribution in [0.1, 0.15) is 36.1 Å². The van der Waals surface area contributed by atoms with Crippen molar-refractivity contribution >= 4 is 7.12 Å². The molecule has 0 aliphatic carbocycles. The molecule has 2 N–H and O–H groups in total. The molecular weight excluding hydrogens is 134 g/mol. The van der Waals surface area contributed by atoms with Crippen LogP contribution in [0.4, 0.5) is 0 Å². The fraction of sp³-hybridized carbons (Fsp3) is 0.857. The summed E-state index contributed by atoms with van der Waals surface area (Å²) in [5.41, 5.74) is 0. The van der Waals surface area contributed by atoms with Crippen molar-refractivity contribution in [3.63, 3.8) is 0 Å². The summed E-state index contributed by atoms with van der Waals surface area (Å²) in [5.74, 6) is 0. The minimum Gasteiger partial charge on any atom is -0.427 e. The Hall–Kier alpha value is 0.582. The van der Waals surface area contributed by atoms with E-state index in [1.807, 2.05) is 13.8 Å². The van der Waals surface area contributed by atoms with E-state index in [-0.39, 0.29) is 48.6 Å². The summed E-state index contributed by atoms with van der Waals surface area (Å²) >= 11 is 0. The molecule has 0 radical (unpaired) electrons. The maximum atomic E-state index is 7.61. The fourth-order valence-corrected chi connectivity index (χ4v) is 0. The Kier molecular flexibility index (Phi) is 425. The first-order chi connectivity index (χ1) is 2.73. The van der Waals surface area contributed by atoms with Crippen molar-refractivity contribution in [2.45, 2.75) is 43.0 Å². The average molecular weight is 160 g/mol. The monoisotopic (exact) mass is 160 g/mol. The van der Waals surface area contributed by atoms with Gasteiger partial charge in [0, 0.05) is 0 Å². The first-order valence-corrected chi connectivity index (χ1v) is 2.09. The van der Waals surface area contributed by atoms with Crippen molar-refractivity contribution in [1.82, 2.24) is 0 Å². The normalized spacial score (nSPS) is 3.00. The molecule has 0 atom stereocenters. The summed E-state index contributed by atoms with van der Waals surface area (Å²) in [6.45, 7) is 5.28. The molecule has 0 aliphatic heterocycles. The van der Waals surface area contributed by atoms with Gasteiger partial charge in [0.25, 0.3) is 0 Å². The Balaban J connectivity index is -0.00000000432. The van der Waals surface area contributed by atoms with Gasteiger partial charge in [-0.25, -0.2) is 0 Å². The zero-order chi connectivity index (χ0) is 5.58. The molecule has 70 valence electrons. The molecule has 0 saturated heterocycles. The van der Waals surface area contributed by atoms with Gasteiger partial charge in [-0.15, -0.1) is 0 Å². The van der Waals surface area contributed by atoms with Gasteiger partial charge in [0.1, 0.15) is 0 Å². The van der Waals surface area contributed by atoms with Gasteiger partial charge in [0.15, 0.2) is 0 Å². The van der Waals surface area contributed by atoms with Gasteiger partial charge in [-0.1, -0.05) is 36.1 Å². The van der Waals surface area contributed by atoms with E-state index < -0.39 is 7.12 Å². The van der Waals surface area contributed by atoms with E-state index in [1.54, 1.807) is 0 Å². The number of hydrogen-bond donors (Lipinski definition) is 2. The summed E-state index contributed by atoms with van der Waals surface area (Å²) in [6, 6.07) is 0. The van der Waals surface area contributed by atoms with Crippen LogP contribution in [0.5, 0.6) is 0 Å². The van der Waals surface area contributed by atoms with E-state index in [4.69, 9.17) is 10.0 Å². The maximum Gasteiger partial charge on any atom is 1.00 e. The topological polar surface area (TPSA) is 40.5 Å². The van der Waals surface area contributed by atoms with Gasteiger partial charge in [0.2, 0.25) is 0 Å². The Morgan fingerprint density at radius 1 is 0.909 bits per heavy atom. The number of hydrogen-bond acceptors (Lipinski definition) is 2. The smallest absolute Gasteiger partial charge is 0.427 e. The zero-order valence-electron chi connectivity index (χ0n) is 6.47. The third-order valence-electron chi connectivity index (χ3n) is 0. The SMILES string of the molecule is C.C.C.CB(O)O.CC.[CH3-].[Li+]. The molecule has 0 spiro atoms. The largest absolute Gasteiger partial charge is 1.00 e. The van der Waals surface area contributed by atoms with Crippen molar-refractivity contribution in [3.05, 3.63) is 7.43 Å². The van der Waals surface area contributed by atoms with Crippen molar-refractivity contribution < 1.29 is 28.9 Å². The summed E-state index contributed by atoms with van der Waals surface area (Å²) in [5, 5.41) is 15.2. The second-order valence-corrected chi connectivity index (χ2v) is 0.632. The van der Waals surface area contributed by atoms with Gasteiger partial charge < -0.3 is 17.5 Å². The van der Waals surface area contributed by atoms with Crippen molar-refractivity contribution in [2.24, 2.45) is 0 Å². The summed E-state index contributed by atoms with van der Waals surface area (Å²) in [4.78, 5) is 0. The minimum absolute atomic E-state index is 0. The Morgan fingerprint density at radius 3 is 0.909 bits per heavy atom. The maximum absolute atomic E-state index is 7.61. The molecule has 0 unspecified atom stereocenters. The zero-order valence-corrected chi connectivity index (χ0v) is 6.47. The van der Waals surface area contributed by atoms with Crippen LogP contribution in [0.15, 0.2) is 0 Å². The van der Waals surface area contributed by atoms with Gasteiger partial charge in [0.05, 0.1) is 0 Å². The molecule has 0 rings (SSSR count). The summed E-state index contributed by atoms with van der Waals surface area (Å²) in [7, 11) is -1.17. The van der Waals surface area contributed by atoms with Crippen LogP contribution in [-0.4, -0.2) is 17.2 Å². The molecule has 0 amide bonds. The predicted octanol–water partition coefficient (Wildman–Crippen LogP) is -0.522. The van der Waals surface area contributed by atoms with Crippen molar-refractivity contribution in [3.8, 4) is 0 Å². The molecule has 0 aromatic carbocycles. The third-order valence-corrected chi connectivity index (χ3v) is 0. The van der Waals surface area contributed by atoms with Crippen LogP contribution in [0.25, 0.3) is 0 Å². The Bertz CT molecular complexity index is 21.2. The Labute approximate surface area is 86.7 Å². The van der Waals surface area contributed by atoms with Crippen LogP contribution in [0.3, 0.4) is 0 Å². The van der Waals surface area contributed by atoms with Gasteiger partial charge >= 0.3 is 26.0 Å². The molecular formula is C7H26BLiO2. The molecule has 4 heteroatoms. The predicted molar refractivity (Wildman–Crippen MR) is 54.0 cm³/mol. The molecule has 0 heterocycles. The second kappa shape index (κ2) is 75.7. The van der Waals surface area contributed by atoms with Crippen LogP contribution in [0, 0.1) is 7.43 Å². The fourth-order valence-electron chi connectivity index (χ4n) is 0. The van der Waals surface area contributed by atoms with Crippen molar-refractivity contribution in [1.29, 1.82) is 0 Å². The van der Waals surface area contributed by atoms with Gasteiger partial charge in [-0.3, -0.25) is 0 Å². The molecule has 0 aliphatic rings. The van der Waals surface area contributed by atoms with Gasteiger partial charge in [-0.2, -0.15) is 0 Å². The molecule has 0 saturated carbocycles. The van der Waals surface area contributed by atoms with E-state index in [0.717, 1.165) is 0 Å². The number of rotatable bonds is 0. The van der Waals surface area contributed by atoms with Crippen molar-refractivity contribution in [2.75, 3.05) is 0 Å². The Morgan fingerprint density at radius 2 is 0.909 bits per heavy atom. The summed E-state index contributed by atoms with van der Waals surface area (Å²) in [6.07, 6.45) is 0. The first-order valence-electron chi connectivity index (χ1n) is 2.09. The van der Waals surface area contributed by atoms with E-state index >= 15 is 0 Å². The van der Waals surface area contributed by atoms with Gasteiger partial charge in [-0.05, 0) is 6.82 Å². The average Bonchev–Trinajstić information content (AvgIpc) is 1.41. The molecule has 11 heavy (non-hydrogen) atoms. The van der Waals surface area contributed by atoms with E-state index in [9.17, 15) is 0 Å². The van der Waals surface area contributed by atoms with E-state index in [1.165, 1.54) is 6.82 Å². The standard InChI is InChI=1S/C2H6.CH5BO2.3CH4.CH3.Li/c1-2;1-2(3)4;;;;;/h1-2H3;3-4H,1H3;3*1H4;1H3;/q;;;;;-1;+1.